The van der Waals surface area contributed by atoms with Crippen molar-refractivity contribution in [2.45, 2.75) is 20.1 Å². The van der Waals surface area contributed by atoms with Crippen molar-refractivity contribution in [2.75, 3.05) is 33.0 Å². The molecule has 7 heteroatoms. The zero-order valence-corrected chi connectivity index (χ0v) is 16.9. The number of aliphatic hydroxyl groups excluding tert-OH is 1. The van der Waals surface area contributed by atoms with Crippen LogP contribution >= 0.6 is 23.2 Å². The number of halogens is 2. The van der Waals surface area contributed by atoms with Gasteiger partial charge in [-0.25, -0.2) is 0 Å². The molecule has 0 bridgehead atoms. The molecule has 0 saturated carbocycles. The Kier molecular flexibility index (Phi) is 9.73. The summed E-state index contributed by atoms with van der Waals surface area (Å²) in [6.45, 7) is 5.02. The highest BCUT2D eigenvalue weighted by Crippen LogP contribution is 2.37. The van der Waals surface area contributed by atoms with Crippen LogP contribution < -0.4 is 14.8 Å². The Morgan fingerprint density at radius 1 is 1.00 bits per heavy atom. The Bertz CT molecular complexity index is 695. The van der Waals surface area contributed by atoms with E-state index >= 15 is 0 Å². The first-order valence-corrected chi connectivity index (χ1v) is 9.61. The van der Waals surface area contributed by atoms with Crippen LogP contribution in [-0.2, 0) is 17.9 Å². The number of benzene rings is 2. The van der Waals surface area contributed by atoms with Gasteiger partial charge >= 0.3 is 0 Å². The average molecular weight is 414 g/mol. The highest BCUT2D eigenvalue weighted by Gasteiger charge is 2.13. The summed E-state index contributed by atoms with van der Waals surface area (Å²) in [7, 11) is 0. The predicted octanol–water partition coefficient (Wildman–Crippen LogP) is 4.07. The fraction of sp³-hybridized carbons (Fsp3) is 0.400. The molecule has 0 amide bonds. The topological polar surface area (TPSA) is 60.0 Å². The maximum atomic E-state index is 8.68. The Balaban J connectivity index is 1.98. The molecule has 0 radical (unpaired) electrons. The van der Waals surface area contributed by atoms with E-state index in [9.17, 15) is 0 Å². The van der Waals surface area contributed by atoms with Crippen LogP contribution in [0.4, 0.5) is 0 Å². The lowest BCUT2D eigenvalue weighted by Crippen LogP contribution is -2.20. The second kappa shape index (κ2) is 12.1. The Morgan fingerprint density at radius 3 is 2.48 bits per heavy atom. The third-order valence-corrected chi connectivity index (χ3v) is 4.19. The zero-order chi connectivity index (χ0) is 19.5. The van der Waals surface area contributed by atoms with Gasteiger partial charge in [0.15, 0.2) is 11.5 Å². The number of ether oxygens (including phenoxy) is 3. The van der Waals surface area contributed by atoms with Crippen molar-refractivity contribution in [2.24, 2.45) is 0 Å². The summed E-state index contributed by atoms with van der Waals surface area (Å²) in [5.74, 6) is 1.15. The van der Waals surface area contributed by atoms with Gasteiger partial charge in [0.05, 0.1) is 31.5 Å². The minimum Gasteiger partial charge on any atom is -0.490 e. The van der Waals surface area contributed by atoms with Crippen molar-refractivity contribution < 1.29 is 19.3 Å². The van der Waals surface area contributed by atoms with E-state index in [1.54, 1.807) is 0 Å². The van der Waals surface area contributed by atoms with Crippen molar-refractivity contribution in [3.8, 4) is 11.5 Å². The van der Waals surface area contributed by atoms with Gasteiger partial charge in [0.1, 0.15) is 6.61 Å². The second-order valence-electron chi connectivity index (χ2n) is 5.77. The van der Waals surface area contributed by atoms with E-state index in [0.29, 0.717) is 61.1 Å². The van der Waals surface area contributed by atoms with Gasteiger partial charge in [-0.2, -0.15) is 0 Å². The van der Waals surface area contributed by atoms with E-state index in [0.717, 1.165) is 11.1 Å². The smallest absolute Gasteiger partial charge is 0.180 e. The normalized spacial score (nSPS) is 10.8. The van der Waals surface area contributed by atoms with E-state index < -0.39 is 0 Å². The van der Waals surface area contributed by atoms with Crippen LogP contribution in [-0.4, -0.2) is 38.1 Å². The van der Waals surface area contributed by atoms with Gasteiger partial charge in [-0.15, -0.1) is 0 Å². The molecule has 0 spiro atoms. The number of nitrogens with one attached hydrogen (secondary N) is 1. The van der Waals surface area contributed by atoms with Gasteiger partial charge in [0, 0.05) is 18.1 Å². The van der Waals surface area contributed by atoms with E-state index in [4.69, 9.17) is 42.5 Å². The largest absolute Gasteiger partial charge is 0.490 e. The first-order chi connectivity index (χ1) is 13.1. The third-order valence-electron chi connectivity index (χ3n) is 3.65. The molecule has 5 nitrogen and oxygen atoms in total. The molecule has 148 valence electrons. The summed E-state index contributed by atoms with van der Waals surface area (Å²) < 4.78 is 16.8. The van der Waals surface area contributed by atoms with E-state index in [-0.39, 0.29) is 6.61 Å². The molecule has 27 heavy (non-hydrogen) atoms. The highest BCUT2D eigenvalue weighted by molar-refractivity contribution is 6.32. The highest BCUT2D eigenvalue weighted by atomic mass is 35.5. The molecule has 2 aromatic rings. The molecule has 0 aliphatic rings. The number of hydrogen-bond donors (Lipinski definition) is 2. The monoisotopic (exact) mass is 413 g/mol. The number of rotatable bonds is 12. The SMILES string of the molecule is CCOc1cc(CNCCOCCO)cc(Cl)c1OCc1ccc(Cl)cc1. The fourth-order valence-electron chi connectivity index (χ4n) is 2.41. The molecule has 0 unspecified atom stereocenters. The van der Waals surface area contributed by atoms with Crippen molar-refractivity contribution in [3.63, 3.8) is 0 Å². The van der Waals surface area contributed by atoms with Gasteiger partial charge in [-0.05, 0) is 42.3 Å². The summed E-state index contributed by atoms with van der Waals surface area (Å²) in [6, 6.07) is 11.3. The van der Waals surface area contributed by atoms with Crippen LogP contribution in [0.5, 0.6) is 11.5 Å². The van der Waals surface area contributed by atoms with Crippen LogP contribution in [0.1, 0.15) is 18.1 Å². The molecule has 2 rings (SSSR count). The lowest BCUT2D eigenvalue weighted by Gasteiger charge is -2.16. The maximum absolute atomic E-state index is 8.68. The maximum Gasteiger partial charge on any atom is 0.180 e. The average Bonchev–Trinajstić information content (AvgIpc) is 2.65. The van der Waals surface area contributed by atoms with Gasteiger partial charge < -0.3 is 24.6 Å². The standard InChI is InChI=1S/C20H25Cl2NO4/c1-2-26-19-12-16(13-23-7-9-25-10-8-24)11-18(22)20(19)27-14-15-3-5-17(21)6-4-15/h3-6,11-12,23-24H,2,7-10,13-14H2,1H3. The van der Waals surface area contributed by atoms with E-state index in [2.05, 4.69) is 5.32 Å². The summed E-state index contributed by atoms with van der Waals surface area (Å²) >= 11 is 12.3. The van der Waals surface area contributed by atoms with Crippen molar-refractivity contribution in [1.82, 2.24) is 5.32 Å². The molecule has 0 aliphatic heterocycles. The first kappa shape index (κ1) is 21.8. The fourth-order valence-corrected chi connectivity index (χ4v) is 2.82. The molecule has 0 saturated heterocycles. The summed E-state index contributed by atoms with van der Waals surface area (Å²) in [4.78, 5) is 0. The molecule has 0 heterocycles. The van der Waals surface area contributed by atoms with Gasteiger partial charge in [-0.1, -0.05) is 35.3 Å². The van der Waals surface area contributed by atoms with Crippen molar-refractivity contribution in [1.29, 1.82) is 0 Å². The first-order valence-electron chi connectivity index (χ1n) is 8.85. The lowest BCUT2D eigenvalue weighted by molar-refractivity contribution is 0.0938. The minimum atomic E-state index is 0.0325. The molecule has 0 aliphatic carbocycles. The molecule has 0 atom stereocenters. The molecule has 0 aromatic heterocycles. The second-order valence-corrected chi connectivity index (χ2v) is 6.61. The quantitative estimate of drug-likeness (QED) is 0.513. The third kappa shape index (κ3) is 7.56. The van der Waals surface area contributed by atoms with Crippen LogP contribution in [0.15, 0.2) is 36.4 Å². The predicted molar refractivity (Wildman–Crippen MR) is 108 cm³/mol. The van der Waals surface area contributed by atoms with Gasteiger partial charge in [0.25, 0.3) is 0 Å². The van der Waals surface area contributed by atoms with Gasteiger partial charge in [0.2, 0.25) is 0 Å². The molecule has 0 fully saturated rings. The Morgan fingerprint density at radius 2 is 1.78 bits per heavy atom. The molecular formula is C20H25Cl2NO4. The van der Waals surface area contributed by atoms with Crippen LogP contribution in [0.3, 0.4) is 0 Å². The zero-order valence-electron chi connectivity index (χ0n) is 15.3. The summed E-state index contributed by atoms with van der Waals surface area (Å²) in [5, 5.41) is 13.1. The van der Waals surface area contributed by atoms with Crippen LogP contribution in [0.2, 0.25) is 10.0 Å². The summed E-state index contributed by atoms with van der Waals surface area (Å²) in [5.41, 5.74) is 1.98. The van der Waals surface area contributed by atoms with Gasteiger partial charge in [-0.3, -0.25) is 0 Å². The van der Waals surface area contributed by atoms with Crippen LogP contribution in [0, 0.1) is 0 Å². The minimum absolute atomic E-state index is 0.0325. The number of hydrogen-bond acceptors (Lipinski definition) is 5. The Hall–Kier alpha value is -1.50. The molecule has 2 aromatic carbocycles. The molecular weight excluding hydrogens is 389 g/mol. The lowest BCUT2D eigenvalue weighted by atomic mass is 10.2. The van der Waals surface area contributed by atoms with Crippen molar-refractivity contribution in [3.05, 3.63) is 57.6 Å². The van der Waals surface area contributed by atoms with Crippen LogP contribution in [0.25, 0.3) is 0 Å². The number of aliphatic hydroxyl groups is 1. The van der Waals surface area contributed by atoms with E-state index in [1.807, 2.05) is 43.3 Å². The summed E-state index contributed by atoms with van der Waals surface area (Å²) in [6.07, 6.45) is 0. The molecule has 2 N–H and O–H groups in total. The Labute approximate surface area is 170 Å². The van der Waals surface area contributed by atoms with E-state index in [1.165, 1.54) is 0 Å². The van der Waals surface area contributed by atoms with Crippen molar-refractivity contribution >= 4 is 23.2 Å².